The molecule has 0 bridgehead atoms. The van der Waals surface area contributed by atoms with E-state index in [4.69, 9.17) is 4.74 Å². The summed E-state index contributed by atoms with van der Waals surface area (Å²) in [7, 11) is 3.73. The molecule has 4 nitrogen and oxygen atoms in total. The lowest BCUT2D eigenvalue weighted by Gasteiger charge is -2.23. The lowest BCUT2D eigenvalue weighted by molar-refractivity contribution is 0.213. The number of ether oxygens (including phenoxy) is 1. The Kier molecular flexibility index (Phi) is 8.04. The van der Waals surface area contributed by atoms with Gasteiger partial charge in [0, 0.05) is 20.6 Å². The van der Waals surface area contributed by atoms with Gasteiger partial charge in [-0.3, -0.25) is 4.99 Å². The number of halogens is 1. The summed E-state index contributed by atoms with van der Waals surface area (Å²) in [6.07, 6.45) is 3.75. The molecule has 0 aliphatic carbocycles. The van der Waals surface area contributed by atoms with Gasteiger partial charge in [0.05, 0.1) is 6.54 Å². The molecule has 1 unspecified atom stereocenters. The summed E-state index contributed by atoms with van der Waals surface area (Å²) in [4.78, 5) is 6.29. The van der Waals surface area contributed by atoms with Crippen molar-refractivity contribution in [3.05, 3.63) is 42.7 Å². The zero-order chi connectivity index (χ0) is 16.4. The van der Waals surface area contributed by atoms with Gasteiger partial charge < -0.3 is 15.0 Å². The van der Waals surface area contributed by atoms with Crippen molar-refractivity contribution in [1.82, 2.24) is 10.2 Å². The lowest BCUT2D eigenvalue weighted by atomic mass is 10.3. The summed E-state index contributed by atoms with van der Waals surface area (Å²) in [5.41, 5.74) is 0. The second-order valence-corrected chi connectivity index (χ2v) is 5.14. The Morgan fingerprint density at radius 3 is 2.86 bits per heavy atom. The van der Waals surface area contributed by atoms with E-state index >= 15 is 0 Å². The Morgan fingerprint density at radius 2 is 2.23 bits per heavy atom. The third-order valence-corrected chi connectivity index (χ3v) is 3.19. The standard InChI is InChI=1S/C17H26FN3O/c1-5-6-9-12-21(4)17(19-3)20-13-14(2)22-16-11-8-7-10-15(16)18/h5,7-8,10-11,14H,1,6,9,12-13H2,2-4H3,(H,19,20). The fourth-order valence-corrected chi connectivity index (χ4v) is 2.00. The van der Waals surface area contributed by atoms with Crippen molar-refractivity contribution in [2.45, 2.75) is 25.9 Å². The van der Waals surface area contributed by atoms with E-state index in [0.29, 0.717) is 6.54 Å². The number of allylic oxidation sites excluding steroid dienone is 1. The van der Waals surface area contributed by atoms with E-state index in [9.17, 15) is 4.39 Å². The number of rotatable bonds is 8. The molecule has 0 fully saturated rings. The molecule has 1 aromatic rings. The summed E-state index contributed by atoms with van der Waals surface area (Å²) in [5, 5.41) is 3.24. The van der Waals surface area contributed by atoms with E-state index in [1.165, 1.54) is 6.07 Å². The highest BCUT2D eigenvalue weighted by molar-refractivity contribution is 5.79. The van der Waals surface area contributed by atoms with E-state index in [1.807, 2.05) is 20.0 Å². The Balaban J connectivity index is 2.42. The molecule has 1 aromatic carbocycles. The third kappa shape index (κ3) is 6.16. The van der Waals surface area contributed by atoms with Crippen molar-refractivity contribution in [3.63, 3.8) is 0 Å². The molecule has 22 heavy (non-hydrogen) atoms. The van der Waals surface area contributed by atoms with Crippen LogP contribution in [0.5, 0.6) is 5.75 Å². The average molecular weight is 307 g/mol. The van der Waals surface area contributed by atoms with Gasteiger partial charge in [0.2, 0.25) is 0 Å². The van der Waals surface area contributed by atoms with Crippen molar-refractivity contribution in [2.24, 2.45) is 4.99 Å². The molecular formula is C17H26FN3O. The first-order valence-corrected chi connectivity index (χ1v) is 7.52. The number of hydrogen-bond donors (Lipinski definition) is 1. The van der Waals surface area contributed by atoms with Crippen LogP contribution in [-0.2, 0) is 0 Å². The average Bonchev–Trinajstić information content (AvgIpc) is 2.50. The van der Waals surface area contributed by atoms with E-state index in [0.717, 1.165) is 25.3 Å². The zero-order valence-electron chi connectivity index (χ0n) is 13.7. The van der Waals surface area contributed by atoms with E-state index in [2.05, 4.69) is 21.8 Å². The van der Waals surface area contributed by atoms with Crippen molar-refractivity contribution >= 4 is 5.96 Å². The molecule has 0 amide bonds. The first-order valence-electron chi connectivity index (χ1n) is 7.52. The number of unbranched alkanes of at least 4 members (excludes halogenated alkanes) is 1. The normalized spacial score (nSPS) is 12.6. The minimum absolute atomic E-state index is 0.171. The Hall–Kier alpha value is -2.04. The number of benzene rings is 1. The van der Waals surface area contributed by atoms with Crippen LogP contribution in [0.2, 0.25) is 0 Å². The first kappa shape index (κ1) is 18.0. The summed E-state index contributed by atoms with van der Waals surface area (Å²) >= 11 is 0. The number of guanidine groups is 1. The zero-order valence-corrected chi connectivity index (χ0v) is 13.7. The van der Waals surface area contributed by atoms with Crippen LogP contribution in [0.15, 0.2) is 41.9 Å². The smallest absolute Gasteiger partial charge is 0.193 e. The minimum Gasteiger partial charge on any atom is -0.486 e. The highest BCUT2D eigenvalue weighted by Crippen LogP contribution is 2.16. The number of nitrogens with zero attached hydrogens (tertiary/aromatic N) is 2. The predicted molar refractivity (Wildman–Crippen MR) is 89.9 cm³/mol. The number of para-hydroxylation sites is 1. The van der Waals surface area contributed by atoms with Crippen LogP contribution in [0.1, 0.15) is 19.8 Å². The topological polar surface area (TPSA) is 36.9 Å². The number of hydrogen-bond acceptors (Lipinski definition) is 2. The molecule has 0 saturated carbocycles. The van der Waals surface area contributed by atoms with Crippen LogP contribution in [-0.4, -0.2) is 44.1 Å². The molecule has 0 aliphatic heterocycles. The summed E-state index contributed by atoms with van der Waals surface area (Å²) in [6, 6.07) is 6.42. The quantitative estimate of drug-likeness (QED) is 0.347. The molecule has 0 heterocycles. The van der Waals surface area contributed by atoms with Gasteiger partial charge in [-0.05, 0) is 31.9 Å². The van der Waals surface area contributed by atoms with E-state index in [1.54, 1.807) is 25.2 Å². The van der Waals surface area contributed by atoms with Gasteiger partial charge in [-0.1, -0.05) is 18.2 Å². The molecular weight excluding hydrogens is 281 g/mol. The molecule has 1 rings (SSSR count). The Morgan fingerprint density at radius 1 is 1.50 bits per heavy atom. The summed E-state index contributed by atoms with van der Waals surface area (Å²) in [5.74, 6) is 0.722. The second kappa shape index (κ2) is 9.82. The first-order chi connectivity index (χ1) is 10.6. The van der Waals surface area contributed by atoms with Gasteiger partial charge in [-0.2, -0.15) is 0 Å². The Bertz CT molecular complexity index is 491. The SMILES string of the molecule is C=CCCCN(C)C(=NC)NCC(C)Oc1ccccc1F. The third-order valence-electron chi connectivity index (χ3n) is 3.19. The molecule has 5 heteroatoms. The van der Waals surface area contributed by atoms with E-state index in [-0.39, 0.29) is 17.7 Å². The van der Waals surface area contributed by atoms with Crippen molar-refractivity contribution in [2.75, 3.05) is 27.2 Å². The molecule has 0 saturated heterocycles. The fraction of sp³-hybridized carbons (Fsp3) is 0.471. The minimum atomic E-state index is -0.347. The molecule has 122 valence electrons. The Labute approximate surface area is 132 Å². The van der Waals surface area contributed by atoms with Gasteiger partial charge in [0.1, 0.15) is 6.10 Å². The van der Waals surface area contributed by atoms with Crippen LogP contribution in [0.25, 0.3) is 0 Å². The maximum Gasteiger partial charge on any atom is 0.193 e. The molecule has 0 aliphatic rings. The lowest BCUT2D eigenvalue weighted by Crippen LogP contribution is -2.43. The highest BCUT2D eigenvalue weighted by Gasteiger charge is 2.10. The van der Waals surface area contributed by atoms with Gasteiger partial charge in [0.15, 0.2) is 17.5 Å². The van der Waals surface area contributed by atoms with Crippen LogP contribution in [0.4, 0.5) is 4.39 Å². The molecule has 1 N–H and O–H groups in total. The summed E-state index contributed by atoms with van der Waals surface area (Å²) < 4.78 is 19.1. The number of aliphatic imine (C=N–C) groups is 1. The summed E-state index contributed by atoms with van der Waals surface area (Å²) in [6.45, 7) is 7.06. The van der Waals surface area contributed by atoms with Gasteiger partial charge >= 0.3 is 0 Å². The van der Waals surface area contributed by atoms with Crippen molar-refractivity contribution in [3.8, 4) is 5.75 Å². The molecule has 0 spiro atoms. The highest BCUT2D eigenvalue weighted by atomic mass is 19.1. The maximum absolute atomic E-state index is 13.5. The van der Waals surface area contributed by atoms with E-state index < -0.39 is 0 Å². The molecule has 1 atom stereocenters. The van der Waals surface area contributed by atoms with Crippen LogP contribution >= 0.6 is 0 Å². The van der Waals surface area contributed by atoms with Gasteiger partial charge in [-0.15, -0.1) is 6.58 Å². The van der Waals surface area contributed by atoms with Crippen molar-refractivity contribution < 1.29 is 9.13 Å². The van der Waals surface area contributed by atoms with Crippen LogP contribution in [0, 0.1) is 5.82 Å². The van der Waals surface area contributed by atoms with Gasteiger partial charge in [0.25, 0.3) is 0 Å². The monoisotopic (exact) mass is 307 g/mol. The predicted octanol–water partition coefficient (Wildman–Crippen LogP) is 3.07. The molecule has 0 radical (unpaired) electrons. The maximum atomic E-state index is 13.5. The molecule has 0 aromatic heterocycles. The van der Waals surface area contributed by atoms with Gasteiger partial charge in [-0.25, -0.2) is 4.39 Å². The number of nitrogens with one attached hydrogen (secondary N) is 1. The van der Waals surface area contributed by atoms with Crippen LogP contribution < -0.4 is 10.1 Å². The fourth-order valence-electron chi connectivity index (χ4n) is 2.00. The van der Waals surface area contributed by atoms with Crippen molar-refractivity contribution in [1.29, 1.82) is 0 Å². The largest absolute Gasteiger partial charge is 0.486 e. The second-order valence-electron chi connectivity index (χ2n) is 5.14. The van der Waals surface area contributed by atoms with Crippen LogP contribution in [0.3, 0.4) is 0 Å².